The molecule has 1 rings (SSSR count). The molecular weight excluding hydrogens is 218 g/mol. The third-order valence-corrected chi connectivity index (χ3v) is 2.67. The van der Waals surface area contributed by atoms with Crippen molar-refractivity contribution in [1.82, 2.24) is 0 Å². The highest BCUT2D eigenvalue weighted by atomic mass is 35.5. The maximum atomic E-state index is 8.72. The summed E-state index contributed by atoms with van der Waals surface area (Å²) < 4.78 is 0. The number of rotatable bonds is 3. The van der Waals surface area contributed by atoms with Gasteiger partial charge in [0, 0.05) is 5.03 Å². The van der Waals surface area contributed by atoms with Crippen molar-refractivity contribution in [2.24, 2.45) is 0 Å². The molecule has 1 aromatic rings. The molecular formula is C14H14ClN. The van der Waals surface area contributed by atoms with Gasteiger partial charge in [0.15, 0.2) is 0 Å². The fourth-order valence-electron chi connectivity index (χ4n) is 1.50. The van der Waals surface area contributed by atoms with E-state index in [0.717, 1.165) is 22.6 Å². The summed E-state index contributed by atoms with van der Waals surface area (Å²) in [7, 11) is 0. The van der Waals surface area contributed by atoms with Gasteiger partial charge in [-0.05, 0) is 42.7 Å². The van der Waals surface area contributed by atoms with Crippen LogP contribution in [0.1, 0.15) is 31.4 Å². The lowest BCUT2D eigenvalue weighted by Crippen LogP contribution is -1.86. The Bertz CT molecular complexity index is 447. The molecule has 0 atom stereocenters. The Labute approximate surface area is 102 Å². The summed E-state index contributed by atoms with van der Waals surface area (Å²) in [5, 5.41) is 9.48. The fourth-order valence-corrected chi connectivity index (χ4v) is 1.87. The van der Waals surface area contributed by atoms with Gasteiger partial charge < -0.3 is 0 Å². The van der Waals surface area contributed by atoms with Crippen molar-refractivity contribution in [2.75, 3.05) is 0 Å². The van der Waals surface area contributed by atoms with Crippen molar-refractivity contribution in [1.29, 1.82) is 5.26 Å². The van der Waals surface area contributed by atoms with E-state index in [-0.39, 0.29) is 0 Å². The summed E-state index contributed by atoms with van der Waals surface area (Å²) in [5.41, 5.74) is 2.84. The molecule has 0 N–H and O–H groups in total. The minimum absolute atomic E-state index is 0.668. The number of hydrogen-bond donors (Lipinski definition) is 0. The third-order valence-electron chi connectivity index (χ3n) is 2.32. The highest BCUT2D eigenvalue weighted by molar-refractivity contribution is 6.34. The molecule has 1 aromatic carbocycles. The number of nitriles is 1. The standard InChI is InChI=1S/C14H14ClN/c1-3-5-14(15)13(4-2)12-8-6-11(10-16)7-9-12/h3,5-9H,4H2,1-2H3/b5-3-,14-13-. The molecule has 0 unspecified atom stereocenters. The van der Waals surface area contributed by atoms with Gasteiger partial charge in [0.25, 0.3) is 0 Å². The van der Waals surface area contributed by atoms with Crippen LogP contribution in [0.3, 0.4) is 0 Å². The van der Waals surface area contributed by atoms with Gasteiger partial charge in [0.05, 0.1) is 11.6 Å². The molecule has 0 aliphatic heterocycles. The van der Waals surface area contributed by atoms with Gasteiger partial charge in [-0.25, -0.2) is 0 Å². The molecule has 2 heteroatoms. The second kappa shape index (κ2) is 6.15. The van der Waals surface area contributed by atoms with Gasteiger partial charge in [-0.2, -0.15) is 5.26 Å². The van der Waals surface area contributed by atoms with Crippen molar-refractivity contribution in [3.05, 3.63) is 52.6 Å². The molecule has 0 aliphatic carbocycles. The second-order valence-corrected chi connectivity index (χ2v) is 3.78. The third kappa shape index (κ3) is 2.98. The van der Waals surface area contributed by atoms with Crippen LogP contribution in [0.15, 0.2) is 41.4 Å². The molecule has 0 bridgehead atoms. The van der Waals surface area contributed by atoms with Crippen LogP contribution in [0.2, 0.25) is 0 Å². The van der Waals surface area contributed by atoms with Gasteiger partial charge in [-0.1, -0.05) is 36.7 Å². The predicted octanol–water partition coefficient (Wildman–Crippen LogP) is 4.49. The van der Waals surface area contributed by atoms with E-state index in [0.29, 0.717) is 5.56 Å². The highest BCUT2D eigenvalue weighted by Gasteiger charge is 2.03. The lowest BCUT2D eigenvalue weighted by Gasteiger charge is -2.06. The molecule has 82 valence electrons. The van der Waals surface area contributed by atoms with E-state index < -0.39 is 0 Å². The predicted molar refractivity (Wildman–Crippen MR) is 69.0 cm³/mol. The van der Waals surface area contributed by atoms with Crippen LogP contribution in [-0.4, -0.2) is 0 Å². The maximum absolute atomic E-state index is 8.72. The summed E-state index contributed by atoms with van der Waals surface area (Å²) in [6.07, 6.45) is 4.68. The Morgan fingerprint density at radius 1 is 1.38 bits per heavy atom. The van der Waals surface area contributed by atoms with E-state index >= 15 is 0 Å². The number of halogens is 1. The first-order chi connectivity index (χ1) is 7.72. The Balaban J connectivity index is 3.15. The molecule has 0 saturated carbocycles. The largest absolute Gasteiger partial charge is 0.192 e. The van der Waals surface area contributed by atoms with Gasteiger partial charge in [-0.3, -0.25) is 0 Å². The van der Waals surface area contributed by atoms with E-state index in [1.54, 1.807) is 0 Å². The smallest absolute Gasteiger partial charge is 0.0991 e. The quantitative estimate of drug-likeness (QED) is 0.703. The lowest BCUT2D eigenvalue weighted by molar-refractivity contribution is 1.23. The molecule has 0 radical (unpaired) electrons. The molecule has 0 aromatic heterocycles. The zero-order chi connectivity index (χ0) is 12.0. The second-order valence-electron chi connectivity index (χ2n) is 3.37. The van der Waals surface area contributed by atoms with E-state index in [4.69, 9.17) is 16.9 Å². The summed E-state index contributed by atoms with van der Waals surface area (Å²) >= 11 is 6.18. The molecule has 0 spiro atoms. The van der Waals surface area contributed by atoms with E-state index in [1.807, 2.05) is 43.3 Å². The van der Waals surface area contributed by atoms with Crippen LogP contribution in [0, 0.1) is 11.3 Å². The van der Waals surface area contributed by atoms with Crippen molar-refractivity contribution in [3.8, 4) is 6.07 Å². The molecule has 16 heavy (non-hydrogen) atoms. The summed E-state index contributed by atoms with van der Waals surface area (Å²) in [5.74, 6) is 0. The van der Waals surface area contributed by atoms with Crippen LogP contribution in [0.4, 0.5) is 0 Å². The monoisotopic (exact) mass is 231 g/mol. The first-order valence-electron chi connectivity index (χ1n) is 5.24. The van der Waals surface area contributed by atoms with E-state index in [1.165, 1.54) is 0 Å². The minimum atomic E-state index is 0.668. The topological polar surface area (TPSA) is 23.8 Å². The van der Waals surface area contributed by atoms with Gasteiger partial charge >= 0.3 is 0 Å². The number of allylic oxidation sites excluding steroid dienone is 4. The van der Waals surface area contributed by atoms with Crippen LogP contribution in [0.5, 0.6) is 0 Å². The number of hydrogen-bond acceptors (Lipinski definition) is 1. The van der Waals surface area contributed by atoms with Crippen molar-refractivity contribution < 1.29 is 0 Å². The Morgan fingerprint density at radius 2 is 2.00 bits per heavy atom. The Kier molecular flexibility index (Phi) is 4.82. The van der Waals surface area contributed by atoms with E-state index in [2.05, 4.69) is 13.0 Å². The summed E-state index contributed by atoms with van der Waals surface area (Å²) in [6, 6.07) is 9.59. The summed E-state index contributed by atoms with van der Waals surface area (Å²) in [6.45, 7) is 4.01. The zero-order valence-corrected chi connectivity index (χ0v) is 10.3. The van der Waals surface area contributed by atoms with Crippen molar-refractivity contribution in [3.63, 3.8) is 0 Å². The zero-order valence-electron chi connectivity index (χ0n) is 9.50. The van der Waals surface area contributed by atoms with Gasteiger partial charge in [-0.15, -0.1) is 0 Å². The molecule has 0 heterocycles. The average molecular weight is 232 g/mol. The molecule has 0 amide bonds. The molecule has 1 nitrogen and oxygen atoms in total. The van der Waals surface area contributed by atoms with Crippen LogP contribution in [0.25, 0.3) is 5.57 Å². The maximum Gasteiger partial charge on any atom is 0.0991 e. The highest BCUT2D eigenvalue weighted by Crippen LogP contribution is 2.25. The average Bonchev–Trinajstić information content (AvgIpc) is 2.31. The first kappa shape index (κ1) is 12.5. The minimum Gasteiger partial charge on any atom is -0.192 e. The van der Waals surface area contributed by atoms with E-state index in [9.17, 15) is 0 Å². The molecule has 0 saturated heterocycles. The van der Waals surface area contributed by atoms with Gasteiger partial charge in [0.1, 0.15) is 0 Å². The number of nitrogens with zero attached hydrogens (tertiary/aromatic N) is 1. The normalized spacial score (nSPS) is 12.4. The van der Waals surface area contributed by atoms with Crippen molar-refractivity contribution >= 4 is 17.2 Å². The molecule has 0 aliphatic rings. The van der Waals surface area contributed by atoms with Crippen molar-refractivity contribution in [2.45, 2.75) is 20.3 Å². The first-order valence-corrected chi connectivity index (χ1v) is 5.62. The van der Waals surface area contributed by atoms with Gasteiger partial charge in [0.2, 0.25) is 0 Å². The Morgan fingerprint density at radius 3 is 2.44 bits per heavy atom. The SMILES string of the molecule is C/C=C\C(Cl)=C(/CC)c1ccc(C#N)cc1. The lowest BCUT2D eigenvalue weighted by atomic mass is 10.0. The Hall–Kier alpha value is -1.52. The molecule has 0 fully saturated rings. The van der Waals surface area contributed by atoms with Crippen LogP contribution >= 0.6 is 11.6 Å². The van der Waals surface area contributed by atoms with Crippen LogP contribution in [-0.2, 0) is 0 Å². The van der Waals surface area contributed by atoms with Crippen LogP contribution < -0.4 is 0 Å². The summed E-state index contributed by atoms with van der Waals surface area (Å²) in [4.78, 5) is 0. The fraction of sp³-hybridized carbons (Fsp3) is 0.214. The number of benzene rings is 1.